The first kappa shape index (κ1) is 14.0. The summed E-state index contributed by atoms with van der Waals surface area (Å²) in [6, 6.07) is 5.96. The molecule has 0 aromatic carbocycles. The molecule has 23 heavy (non-hydrogen) atoms. The van der Waals surface area contributed by atoms with Crippen LogP contribution in [0.1, 0.15) is 23.3 Å². The van der Waals surface area contributed by atoms with Gasteiger partial charge in [-0.15, -0.1) is 0 Å². The molecule has 0 saturated carbocycles. The third-order valence-electron chi connectivity index (χ3n) is 4.67. The molecule has 0 aliphatic carbocycles. The van der Waals surface area contributed by atoms with Crippen molar-refractivity contribution in [3.8, 4) is 0 Å². The van der Waals surface area contributed by atoms with Crippen LogP contribution in [0.25, 0.3) is 5.65 Å². The topological polar surface area (TPSA) is 70.0 Å². The van der Waals surface area contributed by atoms with E-state index in [1.165, 1.54) is 0 Å². The number of imidazole rings is 1. The predicted molar refractivity (Wildman–Crippen MR) is 84.2 cm³/mol. The highest BCUT2D eigenvalue weighted by Crippen LogP contribution is 2.20. The summed E-state index contributed by atoms with van der Waals surface area (Å²) < 4.78 is 1.86. The van der Waals surface area contributed by atoms with Crippen LogP contribution < -0.4 is 5.32 Å². The van der Waals surface area contributed by atoms with Crippen LogP contribution in [0.4, 0.5) is 4.79 Å². The molecule has 0 bridgehead atoms. The molecule has 120 valence electrons. The van der Waals surface area contributed by atoms with E-state index in [1.807, 2.05) is 38.6 Å². The number of likely N-dealkylation sites (tertiary alicyclic amines) is 1. The average Bonchev–Trinajstić information content (AvgIpc) is 3.20. The first-order chi connectivity index (χ1) is 11.2. The van der Waals surface area contributed by atoms with E-state index in [0.717, 1.165) is 31.6 Å². The SMILES string of the molecule is O=C(c1cn2ccccc2n1)N1CCC(N2CCNC2=O)CC1. The number of pyridine rings is 1. The number of hydrogen-bond acceptors (Lipinski definition) is 3. The van der Waals surface area contributed by atoms with E-state index in [2.05, 4.69) is 10.3 Å². The van der Waals surface area contributed by atoms with Gasteiger partial charge in [-0.25, -0.2) is 9.78 Å². The van der Waals surface area contributed by atoms with Gasteiger partial charge < -0.3 is 19.5 Å². The largest absolute Gasteiger partial charge is 0.337 e. The van der Waals surface area contributed by atoms with Crippen LogP contribution in [0.3, 0.4) is 0 Å². The Morgan fingerprint density at radius 1 is 1.22 bits per heavy atom. The number of hydrogen-bond donors (Lipinski definition) is 1. The molecule has 2 saturated heterocycles. The minimum Gasteiger partial charge on any atom is -0.337 e. The van der Waals surface area contributed by atoms with Crippen molar-refractivity contribution < 1.29 is 9.59 Å². The van der Waals surface area contributed by atoms with Crippen molar-refractivity contribution in [2.75, 3.05) is 26.2 Å². The lowest BCUT2D eigenvalue weighted by Gasteiger charge is -2.35. The molecule has 0 atom stereocenters. The number of amides is 3. The monoisotopic (exact) mass is 313 g/mol. The van der Waals surface area contributed by atoms with E-state index >= 15 is 0 Å². The molecule has 2 aromatic heterocycles. The smallest absolute Gasteiger partial charge is 0.317 e. The summed E-state index contributed by atoms with van der Waals surface area (Å²) >= 11 is 0. The van der Waals surface area contributed by atoms with E-state index in [0.29, 0.717) is 18.8 Å². The summed E-state index contributed by atoms with van der Waals surface area (Å²) in [6.07, 6.45) is 5.31. The molecule has 4 rings (SSSR count). The standard InChI is InChI=1S/C16H19N5O2/c22-15(13-11-20-7-2-1-3-14(20)18-13)19-8-4-12(5-9-19)21-10-6-17-16(21)23/h1-3,7,11-12H,4-6,8-10H2,(H,17,23). The number of nitrogens with zero attached hydrogens (tertiary/aromatic N) is 4. The third-order valence-corrected chi connectivity index (χ3v) is 4.67. The number of nitrogens with one attached hydrogen (secondary N) is 1. The third kappa shape index (κ3) is 2.52. The second-order valence-electron chi connectivity index (χ2n) is 6.04. The Morgan fingerprint density at radius 3 is 2.74 bits per heavy atom. The Hall–Kier alpha value is -2.57. The number of piperidine rings is 1. The quantitative estimate of drug-likeness (QED) is 0.898. The van der Waals surface area contributed by atoms with E-state index < -0.39 is 0 Å². The van der Waals surface area contributed by atoms with Gasteiger partial charge in [0.2, 0.25) is 0 Å². The van der Waals surface area contributed by atoms with Crippen molar-refractivity contribution >= 4 is 17.6 Å². The van der Waals surface area contributed by atoms with Gasteiger partial charge in [0.1, 0.15) is 11.3 Å². The zero-order valence-corrected chi connectivity index (χ0v) is 12.8. The molecule has 1 N–H and O–H groups in total. The van der Waals surface area contributed by atoms with Crippen LogP contribution in [0, 0.1) is 0 Å². The lowest BCUT2D eigenvalue weighted by Crippen LogP contribution is -2.47. The minimum atomic E-state index is -0.0296. The fourth-order valence-electron chi connectivity index (χ4n) is 3.42. The normalized spacial score (nSPS) is 19.4. The van der Waals surface area contributed by atoms with E-state index in [9.17, 15) is 9.59 Å². The minimum absolute atomic E-state index is 0.0233. The van der Waals surface area contributed by atoms with Crippen molar-refractivity contribution in [2.45, 2.75) is 18.9 Å². The van der Waals surface area contributed by atoms with Gasteiger partial charge in [0.25, 0.3) is 5.91 Å². The first-order valence-corrected chi connectivity index (χ1v) is 8.00. The average molecular weight is 313 g/mol. The van der Waals surface area contributed by atoms with Crippen LogP contribution >= 0.6 is 0 Å². The lowest BCUT2D eigenvalue weighted by atomic mass is 10.0. The van der Waals surface area contributed by atoms with Crippen LogP contribution in [0.2, 0.25) is 0 Å². The Kier molecular flexibility index (Phi) is 3.40. The summed E-state index contributed by atoms with van der Waals surface area (Å²) in [5.74, 6) is -0.0296. The Labute approximate surface area is 133 Å². The maximum atomic E-state index is 12.6. The molecule has 2 aliphatic rings. The number of fused-ring (bicyclic) bond motifs is 1. The van der Waals surface area contributed by atoms with E-state index in [-0.39, 0.29) is 18.0 Å². The number of aromatic nitrogens is 2. The number of carbonyl (C=O) groups excluding carboxylic acids is 2. The van der Waals surface area contributed by atoms with Crippen molar-refractivity contribution in [2.24, 2.45) is 0 Å². The molecule has 4 heterocycles. The molecule has 0 radical (unpaired) electrons. The molecule has 0 spiro atoms. The summed E-state index contributed by atoms with van der Waals surface area (Å²) in [6.45, 7) is 2.82. The fraction of sp³-hybridized carbons (Fsp3) is 0.438. The number of urea groups is 1. The van der Waals surface area contributed by atoms with E-state index in [1.54, 1.807) is 6.20 Å². The fourth-order valence-corrected chi connectivity index (χ4v) is 3.42. The van der Waals surface area contributed by atoms with Crippen LogP contribution in [0.15, 0.2) is 30.6 Å². The second kappa shape index (κ2) is 5.57. The summed E-state index contributed by atoms with van der Waals surface area (Å²) in [4.78, 5) is 32.5. The first-order valence-electron chi connectivity index (χ1n) is 8.00. The van der Waals surface area contributed by atoms with Crippen molar-refractivity contribution in [1.29, 1.82) is 0 Å². The Bertz CT molecular complexity index is 715. The Morgan fingerprint density at radius 2 is 2.04 bits per heavy atom. The highest BCUT2D eigenvalue weighted by molar-refractivity contribution is 5.93. The highest BCUT2D eigenvalue weighted by atomic mass is 16.2. The van der Waals surface area contributed by atoms with Crippen molar-refractivity contribution in [3.63, 3.8) is 0 Å². The zero-order valence-electron chi connectivity index (χ0n) is 12.8. The number of rotatable bonds is 2. The molecule has 2 aliphatic heterocycles. The van der Waals surface area contributed by atoms with Crippen LogP contribution in [0.5, 0.6) is 0 Å². The predicted octanol–water partition coefficient (Wildman–Crippen LogP) is 0.964. The maximum absolute atomic E-state index is 12.6. The van der Waals surface area contributed by atoms with Crippen LogP contribution in [-0.4, -0.2) is 63.3 Å². The van der Waals surface area contributed by atoms with Gasteiger partial charge >= 0.3 is 6.03 Å². The molecule has 3 amide bonds. The molecule has 0 unspecified atom stereocenters. The van der Waals surface area contributed by atoms with Gasteiger partial charge in [-0.05, 0) is 25.0 Å². The highest BCUT2D eigenvalue weighted by Gasteiger charge is 2.32. The van der Waals surface area contributed by atoms with Crippen molar-refractivity contribution in [3.05, 3.63) is 36.3 Å². The van der Waals surface area contributed by atoms with Crippen LogP contribution in [-0.2, 0) is 0 Å². The molecule has 2 aromatic rings. The molecular formula is C16H19N5O2. The molecule has 7 heteroatoms. The van der Waals surface area contributed by atoms with Gasteiger partial charge in [0, 0.05) is 44.6 Å². The second-order valence-corrected chi connectivity index (χ2v) is 6.04. The van der Waals surface area contributed by atoms with Gasteiger partial charge in [0.05, 0.1) is 0 Å². The lowest BCUT2D eigenvalue weighted by molar-refractivity contribution is 0.0661. The summed E-state index contributed by atoms with van der Waals surface area (Å²) in [5.41, 5.74) is 1.26. The van der Waals surface area contributed by atoms with Gasteiger partial charge in [-0.2, -0.15) is 0 Å². The Balaban J connectivity index is 1.43. The molecule has 7 nitrogen and oxygen atoms in total. The zero-order chi connectivity index (χ0) is 15.8. The summed E-state index contributed by atoms with van der Waals surface area (Å²) in [5, 5.41) is 2.84. The maximum Gasteiger partial charge on any atom is 0.317 e. The molecule has 2 fully saturated rings. The van der Waals surface area contributed by atoms with Crippen molar-refractivity contribution in [1.82, 2.24) is 24.5 Å². The number of carbonyl (C=O) groups is 2. The molecular weight excluding hydrogens is 294 g/mol. The van der Waals surface area contributed by atoms with Gasteiger partial charge in [-0.1, -0.05) is 6.07 Å². The van der Waals surface area contributed by atoms with Gasteiger partial charge in [0.15, 0.2) is 0 Å². The van der Waals surface area contributed by atoms with E-state index in [4.69, 9.17) is 0 Å². The summed E-state index contributed by atoms with van der Waals surface area (Å²) in [7, 11) is 0. The van der Waals surface area contributed by atoms with Gasteiger partial charge in [-0.3, -0.25) is 4.79 Å².